The third kappa shape index (κ3) is 3.13. The smallest absolute Gasteiger partial charge is 0.356 e. The number of carbonyl (C=O) groups is 1. The summed E-state index contributed by atoms with van der Waals surface area (Å²) in [6.07, 6.45) is 3.77. The lowest BCUT2D eigenvalue weighted by Gasteiger charge is -2.08. The van der Waals surface area contributed by atoms with E-state index in [1.807, 2.05) is 12.1 Å². The fraction of sp³-hybridized carbons (Fsp3) is 0.267. The molecule has 0 spiro atoms. The molecule has 5 nitrogen and oxygen atoms in total. The van der Waals surface area contributed by atoms with Crippen molar-refractivity contribution in [1.29, 1.82) is 0 Å². The van der Waals surface area contributed by atoms with Crippen LogP contribution in [0.15, 0.2) is 30.6 Å². The minimum atomic E-state index is -0.501. The molecule has 0 unspecified atom stereocenters. The van der Waals surface area contributed by atoms with Gasteiger partial charge < -0.3 is 9.47 Å². The minimum absolute atomic E-state index is 0.205. The summed E-state index contributed by atoms with van der Waals surface area (Å²) >= 11 is 6.22. The second-order valence-corrected chi connectivity index (χ2v) is 5.15. The predicted molar refractivity (Wildman–Crippen MR) is 77.5 cm³/mol. The minimum Gasteiger partial charge on any atom is -0.489 e. The second kappa shape index (κ2) is 5.69. The number of ether oxygens (including phenoxy) is 2. The van der Waals surface area contributed by atoms with Gasteiger partial charge in [0.15, 0.2) is 5.69 Å². The van der Waals surface area contributed by atoms with Gasteiger partial charge in [0.2, 0.25) is 0 Å². The van der Waals surface area contributed by atoms with Crippen molar-refractivity contribution in [3.8, 4) is 17.0 Å². The lowest BCUT2D eigenvalue weighted by Crippen LogP contribution is -2.04. The quantitative estimate of drug-likeness (QED) is 0.812. The maximum absolute atomic E-state index is 11.5. The van der Waals surface area contributed by atoms with Gasteiger partial charge in [-0.3, -0.25) is 0 Å². The highest BCUT2D eigenvalue weighted by Gasteiger charge is 2.24. The zero-order valence-corrected chi connectivity index (χ0v) is 12.1. The molecule has 6 heteroatoms. The highest BCUT2D eigenvalue weighted by Crippen LogP contribution is 2.34. The Bertz CT molecular complexity index is 686. The van der Waals surface area contributed by atoms with E-state index >= 15 is 0 Å². The van der Waals surface area contributed by atoms with Crippen molar-refractivity contribution < 1.29 is 14.3 Å². The Morgan fingerprint density at radius 2 is 2.10 bits per heavy atom. The van der Waals surface area contributed by atoms with E-state index in [1.165, 1.54) is 13.4 Å². The monoisotopic (exact) mass is 304 g/mol. The van der Waals surface area contributed by atoms with E-state index in [1.54, 1.807) is 12.1 Å². The Morgan fingerprint density at radius 1 is 1.29 bits per heavy atom. The predicted octanol–water partition coefficient (Wildman–Crippen LogP) is 3.12. The zero-order valence-electron chi connectivity index (χ0n) is 11.4. The molecule has 1 aromatic heterocycles. The average molecular weight is 305 g/mol. The van der Waals surface area contributed by atoms with Crippen LogP contribution in [0.3, 0.4) is 0 Å². The van der Waals surface area contributed by atoms with Crippen LogP contribution in [0, 0.1) is 0 Å². The average Bonchev–Trinajstić information content (AvgIpc) is 3.32. The molecule has 0 bridgehead atoms. The molecule has 0 radical (unpaired) electrons. The summed E-state index contributed by atoms with van der Waals surface area (Å²) in [5, 5.41) is 0.526. The number of nitrogens with zero attached hydrogens (tertiary/aromatic N) is 2. The van der Waals surface area contributed by atoms with E-state index in [0.29, 0.717) is 22.6 Å². The van der Waals surface area contributed by atoms with E-state index in [-0.39, 0.29) is 5.69 Å². The van der Waals surface area contributed by atoms with Crippen molar-refractivity contribution in [2.45, 2.75) is 18.9 Å². The van der Waals surface area contributed by atoms with Crippen LogP contribution < -0.4 is 4.74 Å². The van der Waals surface area contributed by atoms with E-state index in [2.05, 4.69) is 14.7 Å². The third-order valence-electron chi connectivity index (χ3n) is 3.11. The molecule has 1 aromatic carbocycles. The molecular formula is C15H13ClN2O3. The third-order valence-corrected chi connectivity index (χ3v) is 3.40. The summed E-state index contributed by atoms with van der Waals surface area (Å²) in [5.41, 5.74) is 1.60. The summed E-state index contributed by atoms with van der Waals surface area (Å²) < 4.78 is 10.3. The summed E-state index contributed by atoms with van der Waals surface area (Å²) in [4.78, 5) is 19.5. The largest absolute Gasteiger partial charge is 0.489 e. The van der Waals surface area contributed by atoms with Crippen LogP contribution in [0.5, 0.6) is 5.75 Å². The molecule has 0 atom stereocenters. The SMILES string of the molecule is COC(=O)c1cc(-c2ccc(OC3CC3)c(Cl)c2)ncn1. The van der Waals surface area contributed by atoms with Crippen LogP contribution in [0.4, 0.5) is 0 Å². The van der Waals surface area contributed by atoms with Gasteiger partial charge in [0.25, 0.3) is 0 Å². The van der Waals surface area contributed by atoms with Gasteiger partial charge >= 0.3 is 5.97 Å². The molecule has 0 saturated heterocycles. The van der Waals surface area contributed by atoms with Crippen molar-refractivity contribution in [1.82, 2.24) is 9.97 Å². The molecule has 0 amide bonds. The van der Waals surface area contributed by atoms with Gasteiger partial charge in [-0.25, -0.2) is 14.8 Å². The highest BCUT2D eigenvalue weighted by atomic mass is 35.5. The van der Waals surface area contributed by atoms with Crippen molar-refractivity contribution >= 4 is 17.6 Å². The second-order valence-electron chi connectivity index (χ2n) is 4.74. The molecule has 0 aliphatic heterocycles. The van der Waals surface area contributed by atoms with Crippen LogP contribution in [0.2, 0.25) is 5.02 Å². The molecule has 108 valence electrons. The molecule has 1 saturated carbocycles. The first-order chi connectivity index (χ1) is 10.2. The molecule has 3 rings (SSSR count). The standard InChI is InChI=1S/C15H13ClN2O3/c1-20-15(19)13-7-12(17-8-18-13)9-2-5-14(11(16)6-9)21-10-3-4-10/h2,5-8,10H,3-4H2,1H3. The number of hydrogen-bond donors (Lipinski definition) is 0. The number of hydrogen-bond acceptors (Lipinski definition) is 5. The fourth-order valence-corrected chi connectivity index (χ4v) is 2.08. The molecule has 1 fully saturated rings. The topological polar surface area (TPSA) is 61.3 Å². The van der Waals surface area contributed by atoms with Crippen molar-refractivity contribution in [3.05, 3.63) is 41.3 Å². The van der Waals surface area contributed by atoms with Gasteiger partial charge in [0, 0.05) is 5.56 Å². The molecule has 1 heterocycles. The Hall–Kier alpha value is -2.14. The van der Waals surface area contributed by atoms with Crippen LogP contribution in [-0.2, 0) is 4.74 Å². The first kappa shape index (κ1) is 13.8. The van der Waals surface area contributed by atoms with E-state index in [9.17, 15) is 4.79 Å². The summed E-state index contributed by atoms with van der Waals surface area (Å²) in [6, 6.07) is 7.00. The van der Waals surface area contributed by atoms with Crippen molar-refractivity contribution in [2.24, 2.45) is 0 Å². The lowest BCUT2D eigenvalue weighted by atomic mass is 10.1. The summed E-state index contributed by atoms with van der Waals surface area (Å²) in [5.74, 6) is 0.170. The molecule has 0 N–H and O–H groups in total. The first-order valence-corrected chi connectivity index (χ1v) is 6.92. The van der Waals surface area contributed by atoms with Gasteiger partial charge in [0.1, 0.15) is 12.1 Å². The van der Waals surface area contributed by atoms with Crippen LogP contribution >= 0.6 is 11.6 Å². The first-order valence-electron chi connectivity index (χ1n) is 6.54. The zero-order chi connectivity index (χ0) is 14.8. The molecule has 21 heavy (non-hydrogen) atoms. The number of methoxy groups -OCH3 is 1. The normalized spacial score (nSPS) is 13.8. The van der Waals surface area contributed by atoms with Crippen molar-refractivity contribution in [3.63, 3.8) is 0 Å². The number of halogens is 1. The van der Waals surface area contributed by atoms with Crippen LogP contribution in [0.25, 0.3) is 11.3 Å². The summed E-state index contributed by atoms with van der Waals surface area (Å²) in [7, 11) is 1.31. The Labute approximate surface area is 126 Å². The number of rotatable bonds is 4. The number of benzene rings is 1. The van der Waals surface area contributed by atoms with E-state index in [0.717, 1.165) is 18.4 Å². The molecule has 1 aliphatic carbocycles. The maximum Gasteiger partial charge on any atom is 0.356 e. The highest BCUT2D eigenvalue weighted by molar-refractivity contribution is 6.32. The van der Waals surface area contributed by atoms with Crippen LogP contribution in [-0.4, -0.2) is 29.2 Å². The number of carbonyl (C=O) groups excluding carboxylic acids is 1. The number of esters is 1. The van der Waals surface area contributed by atoms with Gasteiger partial charge in [-0.15, -0.1) is 0 Å². The number of aromatic nitrogens is 2. The lowest BCUT2D eigenvalue weighted by molar-refractivity contribution is 0.0594. The van der Waals surface area contributed by atoms with E-state index in [4.69, 9.17) is 16.3 Å². The van der Waals surface area contributed by atoms with Crippen LogP contribution in [0.1, 0.15) is 23.3 Å². The summed E-state index contributed by atoms with van der Waals surface area (Å²) in [6.45, 7) is 0. The van der Waals surface area contributed by atoms with Gasteiger partial charge in [-0.1, -0.05) is 11.6 Å². The Kier molecular flexibility index (Phi) is 3.75. The molecule has 1 aliphatic rings. The molecule has 2 aromatic rings. The maximum atomic E-state index is 11.5. The van der Waals surface area contributed by atoms with Gasteiger partial charge in [0.05, 0.1) is 23.9 Å². The fourth-order valence-electron chi connectivity index (χ4n) is 1.85. The van der Waals surface area contributed by atoms with Gasteiger partial charge in [-0.05, 0) is 37.1 Å². The van der Waals surface area contributed by atoms with E-state index < -0.39 is 5.97 Å². The molecular weight excluding hydrogens is 292 g/mol. The van der Waals surface area contributed by atoms with Crippen molar-refractivity contribution in [2.75, 3.05) is 7.11 Å². The Balaban J connectivity index is 1.89. The Morgan fingerprint density at radius 3 is 2.76 bits per heavy atom. The van der Waals surface area contributed by atoms with Gasteiger partial charge in [-0.2, -0.15) is 0 Å².